The highest BCUT2D eigenvalue weighted by Crippen LogP contribution is 2.27. The first-order chi connectivity index (χ1) is 19.6. The van der Waals surface area contributed by atoms with Gasteiger partial charge in [-0.1, -0.05) is 55.0 Å². The van der Waals surface area contributed by atoms with Crippen LogP contribution in [0.2, 0.25) is 0 Å². The molecular weight excluding hydrogens is 538 g/mol. The number of rotatable bonds is 14. The molecule has 2 amide bonds. The van der Waals surface area contributed by atoms with Crippen LogP contribution >= 0.6 is 0 Å². The van der Waals surface area contributed by atoms with Gasteiger partial charge in [0.25, 0.3) is 10.0 Å². The van der Waals surface area contributed by atoms with Gasteiger partial charge in [-0.3, -0.25) is 13.9 Å². The Morgan fingerprint density at radius 2 is 1.54 bits per heavy atom. The number of benzene rings is 3. The summed E-state index contributed by atoms with van der Waals surface area (Å²) in [6.07, 6.45) is 0.901. The number of amides is 2. The first-order valence-corrected chi connectivity index (χ1v) is 15.5. The SMILES string of the molecule is CCOc1ccc(N(CC(=O)N(CCc2ccccc2)C(CC)C(=O)NC(C)C)S(=O)(=O)c2ccc(C)cc2)cc1. The second-order valence-corrected chi connectivity index (χ2v) is 12.0. The predicted molar refractivity (Wildman–Crippen MR) is 163 cm³/mol. The van der Waals surface area contributed by atoms with Crippen molar-refractivity contribution in [3.05, 3.63) is 90.0 Å². The normalized spacial score (nSPS) is 12.0. The zero-order chi connectivity index (χ0) is 30.0. The predicted octanol–water partition coefficient (Wildman–Crippen LogP) is 4.96. The fraction of sp³-hybridized carbons (Fsp3) is 0.375. The summed E-state index contributed by atoms with van der Waals surface area (Å²) in [6, 6.07) is 22.0. The van der Waals surface area contributed by atoms with Crippen molar-refractivity contribution in [3.63, 3.8) is 0 Å². The molecule has 0 fully saturated rings. The molecule has 0 bridgehead atoms. The van der Waals surface area contributed by atoms with E-state index in [0.717, 1.165) is 15.4 Å². The van der Waals surface area contributed by atoms with Gasteiger partial charge in [0.05, 0.1) is 17.2 Å². The van der Waals surface area contributed by atoms with E-state index in [4.69, 9.17) is 4.74 Å². The highest BCUT2D eigenvalue weighted by molar-refractivity contribution is 7.92. The summed E-state index contributed by atoms with van der Waals surface area (Å²) in [5, 5.41) is 2.91. The molecule has 3 rings (SSSR count). The molecule has 0 heterocycles. The van der Waals surface area contributed by atoms with Crippen molar-refractivity contribution in [2.45, 2.75) is 64.4 Å². The quantitative estimate of drug-likeness (QED) is 0.291. The van der Waals surface area contributed by atoms with E-state index in [2.05, 4.69) is 5.32 Å². The van der Waals surface area contributed by atoms with Crippen molar-refractivity contribution in [3.8, 4) is 5.75 Å². The summed E-state index contributed by atoms with van der Waals surface area (Å²) in [5.74, 6) is -0.134. The lowest BCUT2D eigenvalue weighted by Gasteiger charge is -2.33. The van der Waals surface area contributed by atoms with Crippen LogP contribution in [-0.4, -0.2) is 56.9 Å². The maximum atomic E-state index is 14.1. The van der Waals surface area contributed by atoms with Crippen LogP contribution in [-0.2, 0) is 26.0 Å². The summed E-state index contributed by atoms with van der Waals surface area (Å²) < 4.78 is 34.6. The molecule has 0 aliphatic rings. The van der Waals surface area contributed by atoms with Gasteiger partial charge in [0.1, 0.15) is 18.3 Å². The lowest BCUT2D eigenvalue weighted by atomic mass is 10.1. The third-order valence-electron chi connectivity index (χ3n) is 6.62. The summed E-state index contributed by atoms with van der Waals surface area (Å²) >= 11 is 0. The molecule has 0 saturated carbocycles. The summed E-state index contributed by atoms with van der Waals surface area (Å²) in [5.41, 5.74) is 2.26. The molecular formula is C32H41N3O5S. The Balaban J connectivity index is 2.01. The van der Waals surface area contributed by atoms with Crippen LogP contribution in [0.5, 0.6) is 5.75 Å². The Morgan fingerprint density at radius 3 is 2.10 bits per heavy atom. The van der Waals surface area contributed by atoms with Gasteiger partial charge in [0.2, 0.25) is 11.8 Å². The second-order valence-electron chi connectivity index (χ2n) is 10.2. The van der Waals surface area contributed by atoms with Crippen LogP contribution in [0.1, 0.15) is 45.2 Å². The van der Waals surface area contributed by atoms with Gasteiger partial charge in [-0.2, -0.15) is 0 Å². The Morgan fingerprint density at radius 1 is 0.902 bits per heavy atom. The molecule has 41 heavy (non-hydrogen) atoms. The molecule has 1 N–H and O–H groups in total. The van der Waals surface area contributed by atoms with E-state index >= 15 is 0 Å². The van der Waals surface area contributed by atoms with Gasteiger partial charge in [-0.05, 0) is 82.5 Å². The molecule has 9 heteroatoms. The molecule has 0 spiro atoms. The molecule has 220 valence electrons. The molecule has 3 aromatic rings. The number of hydrogen-bond donors (Lipinski definition) is 1. The molecule has 0 aliphatic heterocycles. The average Bonchev–Trinajstić information content (AvgIpc) is 2.94. The van der Waals surface area contributed by atoms with E-state index in [1.807, 2.05) is 65.0 Å². The maximum Gasteiger partial charge on any atom is 0.264 e. The van der Waals surface area contributed by atoms with Crippen molar-refractivity contribution < 1.29 is 22.7 Å². The van der Waals surface area contributed by atoms with Crippen LogP contribution in [0, 0.1) is 6.92 Å². The minimum Gasteiger partial charge on any atom is -0.494 e. The van der Waals surface area contributed by atoms with Crippen LogP contribution < -0.4 is 14.4 Å². The van der Waals surface area contributed by atoms with Gasteiger partial charge < -0.3 is 15.0 Å². The van der Waals surface area contributed by atoms with Gasteiger partial charge in [-0.15, -0.1) is 0 Å². The molecule has 1 atom stereocenters. The van der Waals surface area contributed by atoms with Crippen molar-refractivity contribution in [1.29, 1.82) is 0 Å². The van der Waals surface area contributed by atoms with E-state index in [9.17, 15) is 18.0 Å². The Labute approximate surface area is 244 Å². The van der Waals surface area contributed by atoms with Gasteiger partial charge >= 0.3 is 0 Å². The number of anilines is 1. The minimum atomic E-state index is -4.12. The third-order valence-corrected chi connectivity index (χ3v) is 8.41. The maximum absolute atomic E-state index is 14.1. The zero-order valence-electron chi connectivity index (χ0n) is 24.5. The highest BCUT2D eigenvalue weighted by Gasteiger charge is 2.33. The minimum absolute atomic E-state index is 0.0743. The topological polar surface area (TPSA) is 96.0 Å². The number of nitrogens with zero attached hydrogens (tertiary/aromatic N) is 2. The lowest BCUT2D eigenvalue weighted by molar-refractivity contribution is -0.139. The van der Waals surface area contributed by atoms with Crippen molar-refractivity contribution in [1.82, 2.24) is 10.2 Å². The van der Waals surface area contributed by atoms with Crippen molar-refractivity contribution in [2.24, 2.45) is 0 Å². The van der Waals surface area contributed by atoms with E-state index < -0.39 is 28.5 Å². The van der Waals surface area contributed by atoms with E-state index in [-0.39, 0.29) is 23.4 Å². The summed E-state index contributed by atoms with van der Waals surface area (Å²) in [6.45, 7) is 9.58. The number of carbonyl (C=O) groups excluding carboxylic acids is 2. The summed E-state index contributed by atoms with van der Waals surface area (Å²) in [4.78, 5) is 28.8. The third kappa shape index (κ3) is 8.57. The number of ether oxygens (including phenoxy) is 1. The first-order valence-electron chi connectivity index (χ1n) is 14.0. The zero-order valence-corrected chi connectivity index (χ0v) is 25.4. The molecule has 8 nitrogen and oxygen atoms in total. The number of aryl methyl sites for hydroxylation is 1. The standard InChI is InChI=1S/C32H41N3O5S/c1-6-30(32(37)33-24(3)4)34(22-21-26-11-9-8-10-12-26)31(36)23-35(27-15-17-28(18-16-27)40-7-2)41(38,39)29-19-13-25(5)14-20-29/h8-20,24,30H,6-7,21-23H2,1-5H3,(H,33,37). The van der Waals surface area contributed by atoms with E-state index in [1.54, 1.807) is 36.4 Å². The number of carbonyl (C=O) groups is 2. The highest BCUT2D eigenvalue weighted by atomic mass is 32.2. The molecule has 3 aromatic carbocycles. The molecule has 0 aliphatic carbocycles. The largest absolute Gasteiger partial charge is 0.494 e. The second kappa shape index (κ2) is 14.7. The first kappa shape index (κ1) is 31.7. The number of nitrogens with one attached hydrogen (secondary N) is 1. The van der Waals surface area contributed by atoms with Crippen LogP contribution in [0.15, 0.2) is 83.8 Å². The van der Waals surface area contributed by atoms with Crippen LogP contribution in [0.3, 0.4) is 0 Å². The average molecular weight is 580 g/mol. The Bertz CT molecular complexity index is 1380. The van der Waals surface area contributed by atoms with Gasteiger partial charge in [0.15, 0.2) is 0 Å². The molecule has 0 aromatic heterocycles. The van der Waals surface area contributed by atoms with Crippen molar-refractivity contribution >= 4 is 27.5 Å². The fourth-order valence-electron chi connectivity index (χ4n) is 4.52. The lowest BCUT2D eigenvalue weighted by Crippen LogP contribution is -2.54. The van der Waals surface area contributed by atoms with Crippen LogP contribution in [0.25, 0.3) is 0 Å². The number of hydrogen-bond acceptors (Lipinski definition) is 5. The smallest absolute Gasteiger partial charge is 0.264 e. The Kier molecular flexibility index (Phi) is 11.3. The number of sulfonamides is 1. The molecule has 0 saturated heterocycles. The van der Waals surface area contributed by atoms with Crippen LogP contribution in [0.4, 0.5) is 5.69 Å². The fourth-order valence-corrected chi connectivity index (χ4v) is 5.93. The van der Waals surface area contributed by atoms with Gasteiger partial charge in [0, 0.05) is 12.6 Å². The van der Waals surface area contributed by atoms with Gasteiger partial charge in [-0.25, -0.2) is 8.42 Å². The van der Waals surface area contributed by atoms with Crippen molar-refractivity contribution in [2.75, 3.05) is 24.0 Å². The summed E-state index contributed by atoms with van der Waals surface area (Å²) in [7, 11) is -4.12. The van der Waals surface area contributed by atoms with E-state index in [0.29, 0.717) is 30.9 Å². The van der Waals surface area contributed by atoms with E-state index in [1.165, 1.54) is 17.0 Å². The molecule has 0 radical (unpaired) electrons. The molecule has 1 unspecified atom stereocenters. The monoisotopic (exact) mass is 579 g/mol. The Hall–Kier alpha value is -3.85.